The summed E-state index contributed by atoms with van der Waals surface area (Å²) in [5, 5.41) is 11.9. The number of nitrogens with zero attached hydrogens (tertiary/aromatic N) is 1. The summed E-state index contributed by atoms with van der Waals surface area (Å²) in [7, 11) is 2.90. The molecule has 8 heteroatoms. The first kappa shape index (κ1) is 17.1. The summed E-state index contributed by atoms with van der Waals surface area (Å²) in [6.07, 6.45) is 1.13. The molecule has 126 valence electrons. The Bertz CT molecular complexity index is 739. The molecule has 0 radical (unpaired) electrons. The number of hydrogen-bond donors (Lipinski definition) is 1. The molecule has 1 aromatic rings. The summed E-state index contributed by atoms with van der Waals surface area (Å²) in [6, 6.07) is 4.97. The molecule has 1 aromatic carbocycles. The number of nitrogens with one attached hydrogen (secondary N) is 1. The highest BCUT2D eigenvalue weighted by Gasteiger charge is 2.39. The van der Waals surface area contributed by atoms with Gasteiger partial charge in [-0.1, -0.05) is 0 Å². The fraction of sp³-hybridized carbons (Fsp3) is 0.312. The Labute approximate surface area is 138 Å². The Morgan fingerprint density at radius 1 is 1.12 bits per heavy atom. The van der Waals surface area contributed by atoms with E-state index >= 15 is 0 Å². The van der Waals surface area contributed by atoms with E-state index in [1.807, 2.05) is 6.07 Å². The zero-order valence-electron chi connectivity index (χ0n) is 13.6. The van der Waals surface area contributed by atoms with Crippen molar-refractivity contribution >= 4 is 17.6 Å². The van der Waals surface area contributed by atoms with E-state index in [0.717, 1.165) is 6.20 Å². The van der Waals surface area contributed by atoms with Crippen molar-refractivity contribution in [2.45, 2.75) is 19.6 Å². The summed E-state index contributed by atoms with van der Waals surface area (Å²) in [6.45, 7) is 2.91. The molecule has 0 saturated carbocycles. The van der Waals surface area contributed by atoms with Crippen molar-refractivity contribution in [2.75, 3.05) is 19.5 Å². The fourth-order valence-corrected chi connectivity index (χ4v) is 2.02. The summed E-state index contributed by atoms with van der Waals surface area (Å²) in [5.41, 5.74) is 0.253. The molecule has 0 atom stereocenters. The van der Waals surface area contributed by atoms with Gasteiger partial charge in [-0.25, -0.2) is 9.59 Å². The minimum atomic E-state index is -1.31. The zero-order valence-corrected chi connectivity index (χ0v) is 13.6. The van der Waals surface area contributed by atoms with Crippen LogP contribution in [-0.4, -0.2) is 31.9 Å². The lowest BCUT2D eigenvalue weighted by Crippen LogP contribution is -2.42. The van der Waals surface area contributed by atoms with Gasteiger partial charge >= 0.3 is 11.9 Å². The lowest BCUT2D eigenvalue weighted by molar-refractivity contribution is -0.222. The highest BCUT2D eigenvalue weighted by molar-refractivity contribution is 6.15. The molecule has 0 bridgehead atoms. The van der Waals surface area contributed by atoms with Gasteiger partial charge in [-0.3, -0.25) is 0 Å². The van der Waals surface area contributed by atoms with Gasteiger partial charge in [-0.15, -0.1) is 0 Å². The lowest BCUT2D eigenvalue weighted by atomic mass is 10.1. The maximum atomic E-state index is 11.9. The summed E-state index contributed by atoms with van der Waals surface area (Å²) >= 11 is 0. The van der Waals surface area contributed by atoms with Crippen LogP contribution in [0.25, 0.3) is 0 Å². The van der Waals surface area contributed by atoms with Gasteiger partial charge in [0.25, 0.3) is 5.79 Å². The zero-order chi connectivity index (χ0) is 17.9. The van der Waals surface area contributed by atoms with Crippen molar-refractivity contribution in [1.29, 1.82) is 5.26 Å². The van der Waals surface area contributed by atoms with Crippen molar-refractivity contribution in [2.24, 2.45) is 0 Å². The van der Waals surface area contributed by atoms with Crippen molar-refractivity contribution in [3.05, 3.63) is 29.5 Å². The first-order valence-corrected chi connectivity index (χ1v) is 6.91. The maximum absolute atomic E-state index is 11.9. The fourth-order valence-electron chi connectivity index (χ4n) is 2.02. The van der Waals surface area contributed by atoms with Crippen LogP contribution in [0.3, 0.4) is 0 Å². The molecular weight excluding hydrogens is 316 g/mol. The van der Waals surface area contributed by atoms with Gasteiger partial charge in [0, 0.05) is 32.2 Å². The number of esters is 2. The minimum Gasteiger partial charge on any atom is -0.493 e. The summed E-state index contributed by atoms with van der Waals surface area (Å²) in [4.78, 5) is 23.8. The molecule has 0 aliphatic carbocycles. The number of rotatable bonds is 4. The van der Waals surface area contributed by atoms with E-state index < -0.39 is 17.7 Å². The second-order valence-corrected chi connectivity index (χ2v) is 5.25. The van der Waals surface area contributed by atoms with Crippen molar-refractivity contribution < 1.29 is 28.5 Å². The van der Waals surface area contributed by atoms with E-state index in [1.165, 1.54) is 40.2 Å². The number of hydrogen-bond acceptors (Lipinski definition) is 8. The molecule has 0 amide bonds. The average molecular weight is 332 g/mol. The molecule has 1 heterocycles. The van der Waals surface area contributed by atoms with Crippen LogP contribution >= 0.6 is 0 Å². The molecule has 0 aromatic heterocycles. The summed E-state index contributed by atoms with van der Waals surface area (Å²) in [5.74, 6) is -2.18. The molecule has 0 spiro atoms. The predicted molar refractivity (Wildman–Crippen MR) is 82.2 cm³/mol. The van der Waals surface area contributed by atoms with Crippen molar-refractivity contribution in [1.82, 2.24) is 0 Å². The van der Waals surface area contributed by atoms with Crippen LogP contribution in [0.1, 0.15) is 19.4 Å². The number of ether oxygens (including phenoxy) is 4. The van der Waals surface area contributed by atoms with Gasteiger partial charge in [0.15, 0.2) is 17.1 Å². The van der Waals surface area contributed by atoms with Gasteiger partial charge in [0.1, 0.15) is 6.07 Å². The van der Waals surface area contributed by atoms with Gasteiger partial charge in [0.2, 0.25) is 0 Å². The van der Waals surface area contributed by atoms with E-state index in [4.69, 9.17) is 18.9 Å². The van der Waals surface area contributed by atoms with Crippen molar-refractivity contribution in [3.8, 4) is 17.6 Å². The number of nitriles is 1. The molecule has 1 saturated heterocycles. The van der Waals surface area contributed by atoms with Gasteiger partial charge < -0.3 is 24.3 Å². The van der Waals surface area contributed by atoms with Crippen LogP contribution in [0, 0.1) is 11.3 Å². The average Bonchev–Trinajstić information content (AvgIpc) is 2.52. The number of anilines is 1. The van der Waals surface area contributed by atoms with Crippen LogP contribution in [0.2, 0.25) is 0 Å². The van der Waals surface area contributed by atoms with Crippen LogP contribution < -0.4 is 14.8 Å². The monoisotopic (exact) mass is 332 g/mol. The Morgan fingerprint density at radius 2 is 1.67 bits per heavy atom. The third-order valence-electron chi connectivity index (χ3n) is 3.13. The molecule has 8 nitrogen and oxygen atoms in total. The Balaban J connectivity index is 2.33. The molecule has 24 heavy (non-hydrogen) atoms. The molecule has 1 fully saturated rings. The molecule has 2 rings (SSSR count). The van der Waals surface area contributed by atoms with E-state index in [9.17, 15) is 14.9 Å². The predicted octanol–water partition coefficient (Wildman–Crippen LogP) is 1.71. The van der Waals surface area contributed by atoms with Gasteiger partial charge in [-0.2, -0.15) is 5.26 Å². The van der Waals surface area contributed by atoms with E-state index in [1.54, 1.807) is 0 Å². The largest absolute Gasteiger partial charge is 0.493 e. The molecule has 1 aliphatic rings. The second-order valence-electron chi connectivity index (χ2n) is 5.25. The Kier molecular flexibility index (Phi) is 4.64. The van der Waals surface area contributed by atoms with Gasteiger partial charge in [0.05, 0.1) is 25.5 Å². The van der Waals surface area contributed by atoms with Gasteiger partial charge in [-0.05, 0) is 0 Å². The number of benzene rings is 1. The first-order valence-electron chi connectivity index (χ1n) is 6.91. The van der Waals surface area contributed by atoms with Crippen LogP contribution in [0.15, 0.2) is 23.9 Å². The SMILES string of the molecule is COc1cc(C#N)c(NC=C2C(=O)OC(C)(C)OC2=O)cc1OC. The maximum Gasteiger partial charge on any atom is 0.350 e. The highest BCUT2D eigenvalue weighted by atomic mass is 16.7. The van der Waals surface area contributed by atoms with E-state index in [-0.39, 0.29) is 11.1 Å². The molecular formula is C16H16N2O6. The Morgan fingerprint density at radius 3 is 2.17 bits per heavy atom. The summed E-state index contributed by atoms with van der Waals surface area (Å²) < 4.78 is 20.2. The third-order valence-corrected chi connectivity index (χ3v) is 3.13. The molecule has 1 N–H and O–H groups in total. The quantitative estimate of drug-likeness (QED) is 0.504. The molecule has 0 unspecified atom stereocenters. The standard InChI is InChI=1S/C16H16N2O6/c1-16(2)23-14(19)10(15(20)24-16)8-18-11-6-13(22-4)12(21-3)5-9(11)7-17/h5-6,8,18H,1-4H3. The van der Waals surface area contributed by atoms with E-state index in [0.29, 0.717) is 17.2 Å². The Hall–Kier alpha value is -3.21. The highest BCUT2D eigenvalue weighted by Crippen LogP contribution is 2.33. The smallest absolute Gasteiger partial charge is 0.350 e. The number of carbonyl (C=O) groups excluding carboxylic acids is 2. The number of cyclic esters (lactones) is 2. The second kappa shape index (κ2) is 6.50. The minimum absolute atomic E-state index is 0.238. The number of carbonyl (C=O) groups is 2. The van der Waals surface area contributed by atoms with Crippen LogP contribution in [0.4, 0.5) is 5.69 Å². The lowest BCUT2D eigenvalue weighted by Gasteiger charge is -2.29. The first-order chi connectivity index (χ1) is 11.3. The third kappa shape index (κ3) is 3.41. The van der Waals surface area contributed by atoms with Crippen molar-refractivity contribution in [3.63, 3.8) is 0 Å². The topological polar surface area (TPSA) is 107 Å². The normalized spacial score (nSPS) is 15.7. The number of methoxy groups -OCH3 is 2. The van der Waals surface area contributed by atoms with E-state index in [2.05, 4.69) is 5.32 Å². The van der Waals surface area contributed by atoms with Crippen LogP contribution in [-0.2, 0) is 19.1 Å². The molecule has 1 aliphatic heterocycles. The van der Waals surface area contributed by atoms with Crippen LogP contribution in [0.5, 0.6) is 11.5 Å².